The number of sulfone groups is 1. The van der Waals surface area contributed by atoms with Gasteiger partial charge in [-0.05, 0) is 12.1 Å². The van der Waals surface area contributed by atoms with Crippen molar-refractivity contribution in [3.05, 3.63) is 35.9 Å². The zero-order valence-electron chi connectivity index (χ0n) is 11.3. The number of amides is 1. The Morgan fingerprint density at radius 1 is 1.32 bits per heavy atom. The van der Waals surface area contributed by atoms with Crippen LogP contribution in [-0.4, -0.2) is 42.1 Å². The van der Waals surface area contributed by atoms with Crippen molar-refractivity contribution in [1.29, 1.82) is 0 Å². The fourth-order valence-corrected chi connectivity index (χ4v) is 2.73. The molecule has 10 heteroatoms. The summed E-state index contributed by atoms with van der Waals surface area (Å²) < 4.78 is 23.1. The minimum Gasteiger partial charge on any atom is -0.383 e. The lowest BCUT2D eigenvalue weighted by atomic mass is 10.1. The smallest absolute Gasteiger partial charge is 0.253 e. The fraction of sp³-hybridized carbons (Fsp3) is 0.250. The van der Waals surface area contributed by atoms with Crippen molar-refractivity contribution in [2.45, 2.75) is 10.5 Å². The van der Waals surface area contributed by atoms with E-state index in [2.05, 4.69) is 15.3 Å². The van der Waals surface area contributed by atoms with Crippen molar-refractivity contribution in [3.8, 4) is 0 Å². The summed E-state index contributed by atoms with van der Waals surface area (Å²) in [5.74, 6) is -0.865. The van der Waals surface area contributed by atoms with Crippen LogP contribution in [0, 0.1) is 0 Å². The molecule has 1 aromatic carbocycles. The number of alkyl halides is 2. The highest BCUT2D eigenvalue weighted by molar-refractivity contribution is 8.05. The molecule has 1 amide bonds. The van der Waals surface area contributed by atoms with Crippen LogP contribution in [0.2, 0.25) is 0 Å². The van der Waals surface area contributed by atoms with Gasteiger partial charge in [0.25, 0.3) is 5.91 Å². The third-order valence-electron chi connectivity index (χ3n) is 2.87. The van der Waals surface area contributed by atoms with Gasteiger partial charge in [-0.15, -0.1) is 0 Å². The normalized spacial score (nSPS) is 21.5. The number of hydrogen-bond acceptors (Lipinski definition) is 6. The van der Waals surface area contributed by atoms with Crippen molar-refractivity contribution in [3.63, 3.8) is 0 Å². The van der Waals surface area contributed by atoms with Gasteiger partial charge in [0, 0.05) is 11.8 Å². The highest BCUT2D eigenvalue weighted by atomic mass is 35.5. The van der Waals surface area contributed by atoms with Gasteiger partial charge in [-0.25, -0.2) is 18.4 Å². The molecule has 118 valence electrons. The first-order valence-corrected chi connectivity index (χ1v) is 8.73. The van der Waals surface area contributed by atoms with E-state index in [0.29, 0.717) is 5.56 Å². The lowest BCUT2D eigenvalue weighted by Gasteiger charge is -2.28. The molecular weight excluding hydrogens is 351 g/mol. The molecule has 1 aliphatic rings. The minimum atomic E-state index is -3.73. The van der Waals surface area contributed by atoms with Crippen LogP contribution in [0.1, 0.15) is 10.4 Å². The van der Waals surface area contributed by atoms with E-state index in [9.17, 15) is 13.2 Å². The highest BCUT2D eigenvalue weighted by Gasteiger charge is 2.48. The molecule has 0 unspecified atom stereocenters. The molecule has 0 spiro atoms. The van der Waals surface area contributed by atoms with Crippen molar-refractivity contribution in [1.82, 2.24) is 5.32 Å². The lowest BCUT2D eigenvalue weighted by molar-refractivity contribution is 0.0928. The van der Waals surface area contributed by atoms with Crippen molar-refractivity contribution < 1.29 is 13.2 Å². The standard InChI is InChI=1S/C12H12Cl2N4O3S/c1-22(20,21)11-16-10(15)12(18-11,9(13)14)17-8(19)7-5-3-2-4-6-7/h2-6,9H,1H3,(H,17,19)(H2,15,16,18)/t12-/m1/s1. The molecule has 0 saturated heterocycles. The Morgan fingerprint density at radius 2 is 1.91 bits per heavy atom. The Kier molecular flexibility index (Phi) is 4.46. The number of hydrogen-bond donors (Lipinski definition) is 2. The van der Waals surface area contributed by atoms with Gasteiger partial charge in [0.1, 0.15) is 0 Å². The van der Waals surface area contributed by atoms with Crippen molar-refractivity contribution in [2.75, 3.05) is 6.26 Å². The van der Waals surface area contributed by atoms with Gasteiger partial charge in [-0.1, -0.05) is 41.4 Å². The maximum Gasteiger partial charge on any atom is 0.253 e. The number of halogens is 2. The second kappa shape index (κ2) is 5.86. The SMILES string of the molecule is CS(=O)(=O)C1=N[C@](NC(=O)c2ccccc2)(C(Cl)Cl)C(N)=N1. The predicted octanol–water partition coefficient (Wildman–Crippen LogP) is 0.688. The average molecular weight is 363 g/mol. The van der Waals surface area contributed by atoms with E-state index in [-0.39, 0.29) is 5.84 Å². The Balaban J connectivity index is 2.42. The summed E-state index contributed by atoms with van der Waals surface area (Å²) in [5.41, 5.74) is 4.20. The van der Waals surface area contributed by atoms with Crippen LogP contribution in [0.3, 0.4) is 0 Å². The summed E-state index contributed by atoms with van der Waals surface area (Å²) in [6.07, 6.45) is 0.912. The Hall–Kier alpha value is -1.64. The number of rotatable bonds is 3. The number of carbonyl (C=O) groups excluding carboxylic acids is 1. The van der Waals surface area contributed by atoms with E-state index < -0.39 is 31.4 Å². The van der Waals surface area contributed by atoms with Gasteiger partial charge in [0.2, 0.25) is 20.7 Å². The molecule has 0 radical (unpaired) electrons. The van der Waals surface area contributed by atoms with E-state index in [4.69, 9.17) is 28.9 Å². The van der Waals surface area contributed by atoms with Crippen LogP contribution in [0.5, 0.6) is 0 Å². The fourth-order valence-electron chi connectivity index (χ4n) is 1.73. The first-order chi connectivity index (χ1) is 10.2. The molecule has 0 saturated carbocycles. The molecule has 2 rings (SSSR count). The number of aliphatic imine (C=N–C) groups is 2. The first kappa shape index (κ1) is 16.7. The monoisotopic (exact) mass is 362 g/mol. The predicted molar refractivity (Wildman–Crippen MR) is 86.0 cm³/mol. The van der Waals surface area contributed by atoms with E-state index in [0.717, 1.165) is 6.26 Å². The molecule has 1 aromatic rings. The summed E-state index contributed by atoms with van der Waals surface area (Å²) in [6, 6.07) is 8.19. The summed E-state index contributed by atoms with van der Waals surface area (Å²) in [7, 11) is -3.73. The van der Waals surface area contributed by atoms with Crippen LogP contribution in [0.25, 0.3) is 0 Å². The Labute approximate surface area is 137 Å². The topological polar surface area (TPSA) is 114 Å². The molecule has 1 atom stereocenters. The molecule has 0 aromatic heterocycles. The second-order valence-corrected chi connectivity index (χ2v) is 7.56. The molecule has 0 bridgehead atoms. The second-order valence-electron chi connectivity index (χ2n) is 4.55. The molecule has 7 nitrogen and oxygen atoms in total. The minimum absolute atomic E-state index is 0.299. The van der Waals surface area contributed by atoms with Crippen LogP contribution < -0.4 is 11.1 Å². The molecule has 1 heterocycles. The summed E-state index contributed by atoms with van der Waals surface area (Å²) in [4.78, 5) is 18.4. The van der Waals surface area contributed by atoms with Gasteiger partial charge in [-0.2, -0.15) is 0 Å². The van der Waals surface area contributed by atoms with Crippen LogP contribution in [0.4, 0.5) is 0 Å². The van der Waals surface area contributed by atoms with E-state index in [1.54, 1.807) is 30.3 Å². The molecular formula is C12H12Cl2N4O3S. The van der Waals surface area contributed by atoms with E-state index in [1.165, 1.54) is 0 Å². The van der Waals surface area contributed by atoms with Gasteiger partial charge in [0.15, 0.2) is 10.7 Å². The summed E-state index contributed by atoms with van der Waals surface area (Å²) in [6.45, 7) is 0. The van der Waals surface area contributed by atoms with Gasteiger partial charge in [0.05, 0.1) is 0 Å². The molecule has 0 aliphatic carbocycles. The molecule has 3 N–H and O–H groups in total. The Morgan fingerprint density at radius 3 is 2.36 bits per heavy atom. The zero-order chi connectivity index (χ0) is 16.5. The Bertz CT molecular complexity index is 762. The molecule has 0 fully saturated rings. The quantitative estimate of drug-likeness (QED) is 0.769. The van der Waals surface area contributed by atoms with E-state index in [1.807, 2.05) is 0 Å². The number of carbonyl (C=O) groups is 1. The largest absolute Gasteiger partial charge is 0.383 e. The highest BCUT2D eigenvalue weighted by Crippen LogP contribution is 2.28. The number of nitrogens with two attached hydrogens (primary N) is 1. The molecule has 22 heavy (non-hydrogen) atoms. The van der Waals surface area contributed by atoms with Crippen LogP contribution >= 0.6 is 23.2 Å². The zero-order valence-corrected chi connectivity index (χ0v) is 13.7. The van der Waals surface area contributed by atoms with Gasteiger partial charge < -0.3 is 11.1 Å². The first-order valence-electron chi connectivity index (χ1n) is 5.97. The van der Waals surface area contributed by atoms with Gasteiger partial charge in [-0.3, -0.25) is 4.79 Å². The third-order valence-corrected chi connectivity index (χ3v) is 4.34. The summed E-state index contributed by atoms with van der Waals surface area (Å²) >= 11 is 11.7. The number of amidine groups is 2. The maximum absolute atomic E-state index is 12.3. The van der Waals surface area contributed by atoms with Gasteiger partial charge >= 0.3 is 0 Å². The average Bonchev–Trinajstić information content (AvgIpc) is 2.78. The van der Waals surface area contributed by atoms with E-state index >= 15 is 0 Å². The maximum atomic E-state index is 12.3. The number of nitrogens with zero attached hydrogens (tertiary/aromatic N) is 2. The lowest BCUT2D eigenvalue weighted by Crippen LogP contribution is -2.59. The summed E-state index contributed by atoms with van der Waals surface area (Å²) in [5, 5.41) is 1.91. The molecule has 1 aliphatic heterocycles. The van der Waals surface area contributed by atoms with Crippen molar-refractivity contribution >= 4 is 49.9 Å². The van der Waals surface area contributed by atoms with Crippen LogP contribution in [-0.2, 0) is 9.84 Å². The van der Waals surface area contributed by atoms with Crippen LogP contribution in [0.15, 0.2) is 40.3 Å². The third kappa shape index (κ3) is 3.08. The number of nitrogens with one attached hydrogen (secondary N) is 1. The number of benzene rings is 1. The van der Waals surface area contributed by atoms with Crippen molar-refractivity contribution in [2.24, 2.45) is 15.7 Å².